The summed E-state index contributed by atoms with van der Waals surface area (Å²) in [5.74, 6) is 4.82. The number of amides is 1. The molecule has 1 amide bonds. The van der Waals surface area contributed by atoms with Crippen LogP contribution in [-0.4, -0.2) is 23.7 Å². The van der Waals surface area contributed by atoms with Gasteiger partial charge in [0.05, 0.1) is 5.56 Å². The Balaban J connectivity index is 2.22. The molecule has 1 aliphatic carbocycles. The van der Waals surface area contributed by atoms with Gasteiger partial charge in [0, 0.05) is 11.6 Å². The molecule has 2 atom stereocenters. The zero-order valence-electron chi connectivity index (χ0n) is 10.0. The highest BCUT2D eigenvalue weighted by molar-refractivity contribution is 5.97. The van der Waals surface area contributed by atoms with Crippen LogP contribution in [0.3, 0.4) is 0 Å². The van der Waals surface area contributed by atoms with E-state index in [0.29, 0.717) is 17.0 Å². The number of carbonyl (C=O) groups excluding carboxylic acids is 1. The molecule has 2 N–H and O–H groups in total. The number of rotatable bonds is 2. The monoisotopic (exact) mass is 247 g/mol. The molecule has 94 valence electrons. The molecule has 1 saturated carbocycles. The van der Waals surface area contributed by atoms with Crippen LogP contribution in [0.1, 0.15) is 29.3 Å². The molecule has 1 fully saturated rings. The summed E-state index contributed by atoms with van der Waals surface area (Å²) >= 11 is 0. The van der Waals surface area contributed by atoms with Gasteiger partial charge in [0.2, 0.25) is 0 Å². The van der Waals surface area contributed by atoms with E-state index in [-0.39, 0.29) is 18.6 Å². The fourth-order valence-electron chi connectivity index (χ4n) is 1.72. The number of aliphatic hydroxyl groups excluding tert-OH is 1. The second-order valence-electron chi connectivity index (χ2n) is 4.44. The maximum atomic E-state index is 13.1. The van der Waals surface area contributed by atoms with Gasteiger partial charge in [0.1, 0.15) is 12.4 Å². The molecule has 4 heteroatoms. The van der Waals surface area contributed by atoms with Crippen LogP contribution in [-0.2, 0) is 0 Å². The summed E-state index contributed by atoms with van der Waals surface area (Å²) in [6.07, 6.45) is 0.977. The number of nitrogens with one attached hydrogen (secondary N) is 1. The van der Waals surface area contributed by atoms with Gasteiger partial charge in [-0.05, 0) is 30.5 Å². The van der Waals surface area contributed by atoms with Crippen molar-refractivity contribution >= 4 is 5.91 Å². The summed E-state index contributed by atoms with van der Waals surface area (Å²) in [6.45, 7) is 1.74. The highest BCUT2D eigenvalue weighted by Crippen LogP contribution is 2.29. The van der Waals surface area contributed by atoms with Gasteiger partial charge < -0.3 is 10.4 Å². The van der Waals surface area contributed by atoms with Crippen LogP contribution in [0.15, 0.2) is 18.2 Å². The molecule has 0 saturated heterocycles. The zero-order chi connectivity index (χ0) is 13.1. The molecule has 0 radical (unpaired) electrons. The summed E-state index contributed by atoms with van der Waals surface area (Å²) in [6, 6.07) is 4.06. The number of carbonyl (C=O) groups is 1. The molecular formula is C14H14FNO2. The maximum Gasteiger partial charge on any atom is 0.252 e. The minimum Gasteiger partial charge on any atom is -0.384 e. The molecule has 3 nitrogen and oxygen atoms in total. The topological polar surface area (TPSA) is 49.3 Å². The molecule has 0 bridgehead atoms. The molecule has 18 heavy (non-hydrogen) atoms. The van der Waals surface area contributed by atoms with Crippen molar-refractivity contribution in [2.75, 3.05) is 6.61 Å². The summed E-state index contributed by atoms with van der Waals surface area (Å²) < 4.78 is 13.1. The van der Waals surface area contributed by atoms with Crippen molar-refractivity contribution in [3.8, 4) is 11.8 Å². The molecule has 0 aliphatic heterocycles. The summed E-state index contributed by atoms with van der Waals surface area (Å²) in [5.41, 5.74) is 0.645. The third kappa shape index (κ3) is 2.88. The van der Waals surface area contributed by atoms with Crippen LogP contribution in [0, 0.1) is 23.6 Å². The Bertz CT molecular complexity index is 530. The van der Waals surface area contributed by atoms with Crippen LogP contribution in [0.5, 0.6) is 0 Å². The standard InChI is InChI=1S/C14H14FNO2/c1-9-7-13(9)16-14(18)12-5-4-11(15)8-10(12)3-2-6-17/h4-5,8-9,13,17H,6-7H2,1H3,(H,16,18). The number of benzene rings is 1. The molecule has 0 aromatic heterocycles. The lowest BCUT2D eigenvalue weighted by Gasteiger charge is -2.06. The normalized spacial score (nSPS) is 20.8. The van der Waals surface area contributed by atoms with Gasteiger partial charge in [0.25, 0.3) is 5.91 Å². The minimum atomic E-state index is -0.450. The van der Waals surface area contributed by atoms with Crippen LogP contribution in [0.25, 0.3) is 0 Å². The molecule has 0 heterocycles. The van der Waals surface area contributed by atoms with Gasteiger partial charge in [-0.25, -0.2) is 4.39 Å². The maximum absolute atomic E-state index is 13.1. The lowest BCUT2D eigenvalue weighted by Crippen LogP contribution is -2.27. The predicted molar refractivity (Wildman–Crippen MR) is 65.4 cm³/mol. The third-order valence-electron chi connectivity index (χ3n) is 2.95. The lowest BCUT2D eigenvalue weighted by molar-refractivity contribution is 0.0949. The van der Waals surface area contributed by atoms with Crippen LogP contribution < -0.4 is 5.32 Å². The van der Waals surface area contributed by atoms with Crippen molar-refractivity contribution in [3.63, 3.8) is 0 Å². The van der Waals surface area contributed by atoms with E-state index in [1.54, 1.807) is 0 Å². The van der Waals surface area contributed by atoms with Crippen molar-refractivity contribution in [1.82, 2.24) is 5.32 Å². The lowest BCUT2D eigenvalue weighted by atomic mass is 10.1. The molecule has 2 rings (SSSR count). The first-order chi connectivity index (χ1) is 8.61. The van der Waals surface area contributed by atoms with Gasteiger partial charge in [-0.3, -0.25) is 4.79 Å². The third-order valence-corrected chi connectivity index (χ3v) is 2.95. The quantitative estimate of drug-likeness (QED) is 0.774. The van der Waals surface area contributed by atoms with E-state index in [1.807, 2.05) is 0 Å². The van der Waals surface area contributed by atoms with E-state index in [2.05, 4.69) is 24.1 Å². The Kier molecular flexibility index (Phi) is 3.63. The smallest absolute Gasteiger partial charge is 0.252 e. The van der Waals surface area contributed by atoms with Crippen molar-refractivity contribution in [1.29, 1.82) is 0 Å². The summed E-state index contributed by atoms with van der Waals surface area (Å²) in [5, 5.41) is 11.5. The van der Waals surface area contributed by atoms with Crippen LogP contribution >= 0.6 is 0 Å². The van der Waals surface area contributed by atoms with Crippen molar-refractivity contribution in [2.45, 2.75) is 19.4 Å². The number of halogens is 1. The van der Waals surface area contributed by atoms with E-state index in [4.69, 9.17) is 5.11 Å². The number of hydrogen-bond acceptors (Lipinski definition) is 2. The fraction of sp³-hybridized carbons (Fsp3) is 0.357. The van der Waals surface area contributed by atoms with Crippen molar-refractivity contribution in [3.05, 3.63) is 35.1 Å². The van der Waals surface area contributed by atoms with Gasteiger partial charge >= 0.3 is 0 Å². The van der Waals surface area contributed by atoms with E-state index in [0.717, 1.165) is 6.42 Å². The van der Waals surface area contributed by atoms with E-state index >= 15 is 0 Å². The number of aliphatic hydroxyl groups is 1. The molecule has 2 unspecified atom stereocenters. The molecule has 1 aromatic rings. The van der Waals surface area contributed by atoms with Gasteiger partial charge in [-0.15, -0.1) is 0 Å². The van der Waals surface area contributed by atoms with Gasteiger partial charge in [0.15, 0.2) is 0 Å². The Labute approximate surface area is 105 Å². The first-order valence-electron chi connectivity index (χ1n) is 5.82. The van der Waals surface area contributed by atoms with E-state index in [1.165, 1.54) is 18.2 Å². The van der Waals surface area contributed by atoms with Crippen molar-refractivity contribution < 1.29 is 14.3 Å². The predicted octanol–water partition coefficient (Wildman–Crippen LogP) is 1.31. The Morgan fingerprint density at radius 2 is 2.33 bits per heavy atom. The largest absolute Gasteiger partial charge is 0.384 e. The van der Waals surface area contributed by atoms with Crippen LogP contribution in [0.2, 0.25) is 0 Å². The van der Waals surface area contributed by atoms with Crippen LogP contribution in [0.4, 0.5) is 4.39 Å². The van der Waals surface area contributed by atoms with Gasteiger partial charge in [-0.1, -0.05) is 18.8 Å². The van der Waals surface area contributed by atoms with E-state index in [9.17, 15) is 9.18 Å². The fourth-order valence-corrected chi connectivity index (χ4v) is 1.72. The Morgan fingerprint density at radius 1 is 1.61 bits per heavy atom. The van der Waals surface area contributed by atoms with Gasteiger partial charge in [-0.2, -0.15) is 0 Å². The minimum absolute atomic E-state index is 0.209. The number of hydrogen-bond donors (Lipinski definition) is 2. The molecular weight excluding hydrogens is 233 g/mol. The highest BCUT2D eigenvalue weighted by Gasteiger charge is 2.34. The Morgan fingerprint density at radius 3 is 2.94 bits per heavy atom. The zero-order valence-corrected chi connectivity index (χ0v) is 10.0. The Hall–Kier alpha value is -1.86. The molecule has 0 spiro atoms. The average Bonchev–Trinajstić information content (AvgIpc) is 3.02. The second-order valence-corrected chi connectivity index (χ2v) is 4.44. The summed E-state index contributed by atoms with van der Waals surface area (Å²) in [4.78, 5) is 12.0. The second kappa shape index (κ2) is 5.19. The average molecular weight is 247 g/mol. The SMILES string of the molecule is CC1CC1NC(=O)c1ccc(F)cc1C#CCO. The van der Waals surface area contributed by atoms with E-state index < -0.39 is 5.82 Å². The molecule has 1 aromatic carbocycles. The highest BCUT2D eigenvalue weighted by atomic mass is 19.1. The first kappa shape index (κ1) is 12.6. The molecule has 1 aliphatic rings. The summed E-state index contributed by atoms with van der Waals surface area (Å²) in [7, 11) is 0. The van der Waals surface area contributed by atoms with Crippen molar-refractivity contribution in [2.24, 2.45) is 5.92 Å². The first-order valence-corrected chi connectivity index (χ1v) is 5.82.